The molecule has 0 aliphatic carbocycles. The molecule has 0 heterocycles. The molecule has 0 saturated heterocycles. The fraction of sp³-hybridized carbons (Fsp3) is 0.333. The van der Waals surface area contributed by atoms with Crippen LogP contribution < -0.4 is 0 Å². The molecule has 54 valence electrons. The van der Waals surface area contributed by atoms with Crippen LogP contribution in [0.5, 0.6) is 0 Å². The van der Waals surface area contributed by atoms with Crippen molar-refractivity contribution < 1.29 is 0 Å². The Morgan fingerprint density at radius 1 is 0.889 bits per heavy atom. The molecule has 0 nitrogen and oxygen atoms in total. The minimum Gasteiger partial charge on any atom is -0.106 e. The van der Waals surface area contributed by atoms with Gasteiger partial charge in [-0.2, -0.15) is 0 Å². The standard InChI is InChI=1S/C6H10.C2H4.CH4/c1-3-5-6-4-2;1-2;/h3-6H,1-2H3;1-2H2;1H4/b5-3+,6-4+;;. The van der Waals surface area contributed by atoms with Gasteiger partial charge in [-0.3, -0.25) is 0 Å². The predicted octanol–water partition coefficient (Wildman–Crippen LogP) is 3.58. The van der Waals surface area contributed by atoms with E-state index in [0.29, 0.717) is 0 Å². The molecule has 0 N–H and O–H groups in total. The highest BCUT2D eigenvalue weighted by Gasteiger charge is 1.48. The summed E-state index contributed by atoms with van der Waals surface area (Å²) in [5.41, 5.74) is 0. The van der Waals surface area contributed by atoms with Gasteiger partial charge in [-0.05, 0) is 13.8 Å². The van der Waals surface area contributed by atoms with E-state index in [1.54, 1.807) is 0 Å². The van der Waals surface area contributed by atoms with Gasteiger partial charge in [-0.1, -0.05) is 31.7 Å². The van der Waals surface area contributed by atoms with Crippen molar-refractivity contribution in [3.05, 3.63) is 37.5 Å². The molecule has 0 spiro atoms. The summed E-state index contributed by atoms with van der Waals surface area (Å²) >= 11 is 0. The Balaban J connectivity index is -0.000000109. The Bertz CT molecular complexity index is 58.1. The minimum absolute atomic E-state index is 0. The Labute approximate surface area is 59.6 Å². The van der Waals surface area contributed by atoms with Crippen molar-refractivity contribution >= 4 is 0 Å². The van der Waals surface area contributed by atoms with Gasteiger partial charge >= 0.3 is 0 Å². The van der Waals surface area contributed by atoms with Crippen molar-refractivity contribution in [2.45, 2.75) is 21.3 Å². The van der Waals surface area contributed by atoms with E-state index in [2.05, 4.69) is 13.2 Å². The van der Waals surface area contributed by atoms with Gasteiger partial charge in [0.2, 0.25) is 0 Å². The second-order valence-corrected chi connectivity index (χ2v) is 1.05. The molecule has 0 atom stereocenters. The van der Waals surface area contributed by atoms with E-state index < -0.39 is 0 Å². The lowest BCUT2D eigenvalue weighted by Crippen LogP contribution is -1.40. The molecule has 0 saturated carbocycles. The lowest BCUT2D eigenvalue weighted by Gasteiger charge is -1.62. The van der Waals surface area contributed by atoms with E-state index in [9.17, 15) is 0 Å². The quantitative estimate of drug-likeness (QED) is 0.372. The van der Waals surface area contributed by atoms with Crippen LogP contribution in [0.4, 0.5) is 0 Å². The number of rotatable bonds is 1. The third kappa shape index (κ3) is 39.9. The second kappa shape index (κ2) is 26.9. The zero-order chi connectivity index (χ0) is 6.83. The zero-order valence-electron chi connectivity index (χ0n) is 5.72. The van der Waals surface area contributed by atoms with Gasteiger partial charge in [0.1, 0.15) is 0 Å². The molecule has 0 amide bonds. The molecule has 0 aliphatic rings. The summed E-state index contributed by atoms with van der Waals surface area (Å²) in [6.07, 6.45) is 8.00. The Kier molecular flexibility index (Phi) is 47.1. The summed E-state index contributed by atoms with van der Waals surface area (Å²) < 4.78 is 0. The Morgan fingerprint density at radius 2 is 1.11 bits per heavy atom. The maximum atomic E-state index is 3.00. The summed E-state index contributed by atoms with van der Waals surface area (Å²) in [5.74, 6) is 0. The predicted molar refractivity (Wildman–Crippen MR) is 47.6 cm³/mol. The molecule has 0 aromatic carbocycles. The first-order valence-electron chi connectivity index (χ1n) is 2.65. The summed E-state index contributed by atoms with van der Waals surface area (Å²) in [4.78, 5) is 0. The van der Waals surface area contributed by atoms with Crippen molar-refractivity contribution in [3.8, 4) is 0 Å². The fourth-order valence-corrected chi connectivity index (χ4v) is 0.222. The van der Waals surface area contributed by atoms with Gasteiger partial charge in [0, 0.05) is 0 Å². The molecular weight excluding hydrogens is 108 g/mol. The third-order valence-electron chi connectivity index (χ3n) is 0.496. The van der Waals surface area contributed by atoms with Gasteiger partial charge in [0.15, 0.2) is 0 Å². The van der Waals surface area contributed by atoms with Gasteiger partial charge in [0.25, 0.3) is 0 Å². The molecule has 0 heteroatoms. The lowest BCUT2D eigenvalue weighted by atomic mass is 10.5. The van der Waals surface area contributed by atoms with Gasteiger partial charge in [0.05, 0.1) is 0 Å². The fourth-order valence-electron chi connectivity index (χ4n) is 0.222. The van der Waals surface area contributed by atoms with Crippen LogP contribution in [-0.4, -0.2) is 0 Å². The average Bonchev–Trinajstić information content (AvgIpc) is 1.88. The highest BCUT2D eigenvalue weighted by molar-refractivity contribution is 4.98. The maximum Gasteiger partial charge on any atom is -0.0467 e. The summed E-state index contributed by atoms with van der Waals surface area (Å²) in [6.45, 7) is 10.0. The van der Waals surface area contributed by atoms with Crippen LogP contribution in [0, 0.1) is 0 Å². The van der Waals surface area contributed by atoms with Crippen LogP contribution in [0.3, 0.4) is 0 Å². The molecule has 0 rings (SSSR count). The first kappa shape index (κ1) is 15.7. The normalized spacial score (nSPS) is 8.22. The van der Waals surface area contributed by atoms with E-state index in [0.717, 1.165) is 0 Å². The van der Waals surface area contributed by atoms with E-state index in [1.165, 1.54) is 0 Å². The van der Waals surface area contributed by atoms with Gasteiger partial charge in [-0.25, -0.2) is 0 Å². The molecular formula is C9H18. The van der Waals surface area contributed by atoms with Crippen LogP contribution in [0.25, 0.3) is 0 Å². The van der Waals surface area contributed by atoms with E-state index in [4.69, 9.17) is 0 Å². The topological polar surface area (TPSA) is 0 Å². The average molecular weight is 126 g/mol. The lowest BCUT2D eigenvalue weighted by molar-refractivity contribution is 1.69. The van der Waals surface area contributed by atoms with E-state index in [-0.39, 0.29) is 7.43 Å². The highest BCUT2D eigenvalue weighted by atomic mass is 13.6. The number of hydrogen-bond donors (Lipinski definition) is 0. The van der Waals surface area contributed by atoms with E-state index >= 15 is 0 Å². The second-order valence-electron chi connectivity index (χ2n) is 1.05. The monoisotopic (exact) mass is 126 g/mol. The Morgan fingerprint density at radius 3 is 1.22 bits per heavy atom. The molecule has 0 aliphatic heterocycles. The van der Waals surface area contributed by atoms with Crippen molar-refractivity contribution in [1.29, 1.82) is 0 Å². The summed E-state index contributed by atoms with van der Waals surface area (Å²) in [5, 5.41) is 0. The van der Waals surface area contributed by atoms with Crippen molar-refractivity contribution in [2.24, 2.45) is 0 Å². The first-order chi connectivity index (χ1) is 3.91. The van der Waals surface area contributed by atoms with Crippen molar-refractivity contribution in [3.63, 3.8) is 0 Å². The highest BCUT2D eigenvalue weighted by Crippen LogP contribution is 1.71. The van der Waals surface area contributed by atoms with Crippen LogP contribution >= 0.6 is 0 Å². The van der Waals surface area contributed by atoms with Crippen molar-refractivity contribution in [2.75, 3.05) is 0 Å². The Hall–Kier alpha value is -0.780. The van der Waals surface area contributed by atoms with Crippen LogP contribution in [-0.2, 0) is 0 Å². The molecule has 9 heavy (non-hydrogen) atoms. The summed E-state index contributed by atoms with van der Waals surface area (Å²) in [6, 6.07) is 0. The minimum atomic E-state index is 0. The molecule has 0 bridgehead atoms. The number of allylic oxidation sites excluding steroid dienone is 4. The smallest absolute Gasteiger partial charge is 0.0467 e. The van der Waals surface area contributed by atoms with Gasteiger partial charge in [-0.15, -0.1) is 13.2 Å². The molecule has 0 aromatic heterocycles. The van der Waals surface area contributed by atoms with Gasteiger partial charge < -0.3 is 0 Å². The number of hydrogen-bond acceptors (Lipinski definition) is 0. The SMILES string of the molecule is C.C/C=C/C=C/C.C=C. The van der Waals surface area contributed by atoms with E-state index in [1.807, 2.05) is 38.2 Å². The van der Waals surface area contributed by atoms with Crippen LogP contribution in [0.15, 0.2) is 37.5 Å². The zero-order valence-corrected chi connectivity index (χ0v) is 5.72. The summed E-state index contributed by atoms with van der Waals surface area (Å²) in [7, 11) is 0. The van der Waals surface area contributed by atoms with Crippen molar-refractivity contribution in [1.82, 2.24) is 0 Å². The van der Waals surface area contributed by atoms with Crippen LogP contribution in [0.2, 0.25) is 0 Å². The molecule has 0 fully saturated rings. The maximum absolute atomic E-state index is 3.00. The molecule has 0 radical (unpaired) electrons. The largest absolute Gasteiger partial charge is 0.106 e. The first-order valence-corrected chi connectivity index (χ1v) is 2.65. The molecule has 0 unspecified atom stereocenters. The van der Waals surface area contributed by atoms with Crippen LogP contribution in [0.1, 0.15) is 21.3 Å². The third-order valence-corrected chi connectivity index (χ3v) is 0.496. The molecule has 0 aromatic rings.